The molecular formula is C13H18N2O5. The number of aliphatic hydroxyl groups excluding tert-OH is 1. The molecule has 20 heavy (non-hydrogen) atoms. The Bertz CT molecular complexity index is 496. The van der Waals surface area contributed by atoms with Gasteiger partial charge in [0.05, 0.1) is 12.3 Å². The molecule has 1 N–H and O–H groups in total. The van der Waals surface area contributed by atoms with E-state index in [1.165, 1.54) is 6.07 Å². The Hall–Kier alpha value is -2.15. The first-order chi connectivity index (χ1) is 9.23. The summed E-state index contributed by atoms with van der Waals surface area (Å²) in [6.07, 6.45) is -0.865. The van der Waals surface area contributed by atoms with Crippen molar-refractivity contribution in [1.82, 2.24) is 4.98 Å². The average Bonchev–Trinajstić information content (AvgIpc) is 2.33. The molecule has 0 saturated heterocycles. The number of aromatic nitrogens is 1. The summed E-state index contributed by atoms with van der Waals surface area (Å²) in [5.41, 5.74) is -0.410. The Labute approximate surface area is 117 Å². The maximum atomic E-state index is 12.0. The van der Waals surface area contributed by atoms with Crippen molar-refractivity contribution in [1.29, 1.82) is 0 Å². The third-order valence-electron chi connectivity index (χ3n) is 1.94. The topological polar surface area (TPSA) is 89.0 Å². The van der Waals surface area contributed by atoms with E-state index in [1.807, 2.05) is 0 Å². The number of hydrogen-bond acceptors (Lipinski definition) is 6. The van der Waals surface area contributed by atoms with Gasteiger partial charge in [0, 0.05) is 6.92 Å². The summed E-state index contributed by atoms with van der Waals surface area (Å²) in [5.74, 6) is -0.631. The SMILES string of the molecule is CC(=O)ON(C(=O)OC(C)(C)C)c1cccc(CO)n1. The van der Waals surface area contributed by atoms with Crippen molar-refractivity contribution in [3.8, 4) is 0 Å². The molecule has 0 saturated carbocycles. The van der Waals surface area contributed by atoms with E-state index in [-0.39, 0.29) is 12.4 Å². The molecule has 1 amide bonds. The van der Waals surface area contributed by atoms with Crippen LogP contribution in [0.2, 0.25) is 0 Å². The van der Waals surface area contributed by atoms with E-state index in [1.54, 1.807) is 32.9 Å². The molecule has 7 heteroatoms. The van der Waals surface area contributed by atoms with E-state index >= 15 is 0 Å². The molecule has 0 fully saturated rings. The normalized spacial score (nSPS) is 10.8. The zero-order chi connectivity index (χ0) is 15.3. The van der Waals surface area contributed by atoms with Crippen LogP contribution < -0.4 is 5.06 Å². The molecule has 0 aliphatic heterocycles. The third-order valence-corrected chi connectivity index (χ3v) is 1.94. The monoisotopic (exact) mass is 282 g/mol. The van der Waals surface area contributed by atoms with Crippen LogP contribution in [0.3, 0.4) is 0 Å². The van der Waals surface area contributed by atoms with Gasteiger partial charge in [-0.25, -0.2) is 14.6 Å². The van der Waals surface area contributed by atoms with Gasteiger partial charge in [0.15, 0.2) is 5.82 Å². The number of ether oxygens (including phenoxy) is 1. The van der Waals surface area contributed by atoms with Crippen LogP contribution in [-0.2, 0) is 21.0 Å². The summed E-state index contributed by atoms with van der Waals surface area (Å²) < 4.78 is 5.14. The maximum absolute atomic E-state index is 12.0. The molecule has 0 aromatic carbocycles. The van der Waals surface area contributed by atoms with Crippen LogP contribution in [0, 0.1) is 0 Å². The van der Waals surface area contributed by atoms with Crippen molar-refractivity contribution >= 4 is 17.9 Å². The highest BCUT2D eigenvalue weighted by Crippen LogP contribution is 2.17. The van der Waals surface area contributed by atoms with Crippen molar-refractivity contribution < 1.29 is 24.3 Å². The van der Waals surface area contributed by atoms with E-state index in [9.17, 15) is 9.59 Å². The fraction of sp³-hybridized carbons (Fsp3) is 0.462. The number of anilines is 1. The van der Waals surface area contributed by atoms with E-state index in [4.69, 9.17) is 14.7 Å². The van der Waals surface area contributed by atoms with Crippen molar-refractivity contribution in [2.45, 2.75) is 39.9 Å². The highest BCUT2D eigenvalue weighted by atomic mass is 16.8. The number of rotatable bonds is 2. The van der Waals surface area contributed by atoms with Crippen molar-refractivity contribution in [2.75, 3.05) is 5.06 Å². The zero-order valence-electron chi connectivity index (χ0n) is 11.9. The Balaban J connectivity index is 3.04. The van der Waals surface area contributed by atoms with Crippen LogP contribution in [-0.4, -0.2) is 27.8 Å². The maximum Gasteiger partial charge on any atom is 0.450 e. The number of nitrogens with zero attached hydrogens (tertiary/aromatic N) is 2. The van der Waals surface area contributed by atoms with Crippen LogP contribution in [0.5, 0.6) is 0 Å². The number of carbonyl (C=O) groups is 2. The van der Waals surface area contributed by atoms with Gasteiger partial charge >= 0.3 is 12.1 Å². The second-order valence-electron chi connectivity index (χ2n) is 5.00. The van der Waals surface area contributed by atoms with Crippen molar-refractivity contribution in [2.24, 2.45) is 0 Å². The third kappa shape index (κ3) is 4.85. The Morgan fingerprint density at radius 3 is 2.50 bits per heavy atom. The molecule has 0 aliphatic carbocycles. The summed E-state index contributed by atoms with van der Waals surface area (Å²) in [4.78, 5) is 31.9. The average molecular weight is 282 g/mol. The van der Waals surface area contributed by atoms with Crippen LogP contribution >= 0.6 is 0 Å². The van der Waals surface area contributed by atoms with Gasteiger partial charge in [-0.1, -0.05) is 11.1 Å². The minimum absolute atomic E-state index is 0.0565. The molecule has 110 valence electrons. The summed E-state index contributed by atoms with van der Waals surface area (Å²) in [6, 6.07) is 4.62. The fourth-order valence-electron chi connectivity index (χ4n) is 1.28. The number of hydroxylamine groups is 1. The minimum Gasteiger partial charge on any atom is -0.441 e. The first-order valence-electron chi connectivity index (χ1n) is 6.01. The van der Waals surface area contributed by atoms with Gasteiger partial charge in [0.1, 0.15) is 5.60 Å². The number of carbonyl (C=O) groups excluding carboxylic acids is 2. The highest BCUT2D eigenvalue weighted by Gasteiger charge is 2.27. The zero-order valence-corrected chi connectivity index (χ0v) is 11.9. The second-order valence-corrected chi connectivity index (χ2v) is 5.00. The predicted molar refractivity (Wildman–Crippen MR) is 70.6 cm³/mol. The largest absolute Gasteiger partial charge is 0.450 e. The molecule has 1 aromatic rings. The molecule has 0 bridgehead atoms. The summed E-state index contributed by atoms with van der Waals surface area (Å²) >= 11 is 0. The van der Waals surface area contributed by atoms with E-state index in [0.29, 0.717) is 10.8 Å². The molecule has 1 heterocycles. The van der Waals surface area contributed by atoms with Crippen LogP contribution in [0.4, 0.5) is 10.6 Å². The number of hydrogen-bond donors (Lipinski definition) is 1. The predicted octanol–water partition coefficient (Wildman–Crippen LogP) is 1.79. The standard InChI is InChI=1S/C13H18N2O5/c1-9(17)20-15(12(18)19-13(2,3)4)11-7-5-6-10(8-16)14-11/h5-7,16H,8H2,1-4H3. The molecule has 1 aromatic heterocycles. The van der Waals surface area contributed by atoms with Crippen molar-refractivity contribution in [3.05, 3.63) is 23.9 Å². The Morgan fingerprint density at radius 2 is 2.00 bits per heavy atom. The molecule has 1 rings (SSSR count). The first-order valence-corrected chi connectivity index (χ1v) is 6.01. The van der Waals surface area contributed by atoms with Gasteiger partial charge in [-0.05, 0) is 32.9 Å². The van der Waals surface area contributed by atoms with E-state index in [0.717, 1.165) is 6.92 Å². The minimum atomic E-state index is -0.865. The lowest BCUT2D eigenvalue weighted by Gasteiger charge is -2.25. The van der Waals surface area contributed by atoms with Crippen molar-refractivity contribution in [3.63, 3.8) is 0 Å². The van der Waals surface area contributed by atoms with Crippen LogP contribution in [0.15, 0.2) is 18.2 Å². The summed E-state index contributed by atoms with van der Waals surface area (Å²) in [6.45, 7) is 5.93. The van der Waals surface area contributed by atoms with Crippen LogP contribution in [0.25, 0.3) is 0 Å². The van der Waals surface area contributed by atoms with Crippen LogP contribution in [0.1, 0.15) is 33.4 Å². The fourth-order valence-corrected chi connectivity index (χ4v) is 1.28. The quantitative estimate of drug-likeness (QED) is 0.832. The number of amides is 1. The van der Waals surface area contributed by atoms with Gasteiger partial charge in [-0.3, -0.25) is 0 Å². The van der Waals surface area contributed by atoms with Gasteiger partial charge < -0.3 is 14.7 Å². The molecule has 0 atom stereocenters. The highest BCUT2D eigenvalue weighted by molar-refractivity contribution is 5.87. The van der Waals surface area contributed by atoms with Gasteiger partial charge in [-0.15, -0.1) is 0 Å². The molecule has 0 radical (unpaired) electrons. The molecule has 0 aliphatic rings. The smallest absolute Gasteiger partial charge is 0.441 e. The lowest BCUT2D eigenvalue weighted by atomic mass is 10.2. The van der Waals surface area contributed by atoms with Gasteiger partial charge in [0.25, 0.3) is 0 Å². The molecule has 0 spiro atoms. The van der Waals surface area contributed by atoms with E-state index < -0.39 is 17.7 Å². The Kier molecular flexibility index (Phi) is 5.04. The Morgan fingerprint density at radius 1 is 1.35 bits per heavy atom. The van der Waals surface area contributed by atoms with Gasteiger partial charge in [0.2, 0.25) is 0 Å². The second kappa shape index (κ2) is 6.33. The molecule has 0 unspecified atom stereocenters. The van der Waals surface area contributed by atoms with E-state index in [2.05, 4.69) is 4.98 Å². The number of pyridine rings is 1. The number of aliphatic hydroxyl groups is 1. The summed E-state index contributed by atoms with van der Waals surface area (Å²) in [7, 11) is 0. The lowest BCUT2D eigenvalue weighted by Crippen LogP contribution is -2.38. The van der Waals surface area contributed by atoms with Gasteiger partial charge in [-0.2, -0.15) is 0 Å². The molecule has 7 nitrogen and oxygen atoms in total. The first kappa shape index (κ1) is 15.9. The summed E-state index contributed by atoms with van der Waals surface area (Å²) in [5, 5.41) is 9.71. The lowest BCUT2D eigenvalue weighted by molar-refractivity contribution is -0.142. The molecular weight excluding hydrogens is 264 g/mol.